The molecule has 0 spiro atoms. The van der Waals surface area contributed by atoms with Gasteiger partial charge in [-0.2, -0.15) is 0 Å². The van der Waals surface area contributed by atoms with E-state index in [9.17, 15) is 9.59 Å². The number of carboxylic acid groups (broad SMARTS) is 1. The van der Waals surface area contributed by atoms with E-state index in [1.54, 1.807) is 17.8 Å². The summed E-state index contributed by atoms with van der Waals surface area (Å²) in [5, 5.41) is 8.78. The lowest BCUT2D eigenvalue weighted by atomic mass is 10.4. The number of amides is 1. The number of carboxylic acids is 1. The molecule has 2 rings (SSSR count). The third kappa shape index (κ3) is 3.23. The van der Waals surface area contributed by atoms with Gasteiger partial charge in [0.25, 0.3) is 0 Å². The van der Waals surface area contributed by atoms with E-state index < -0.39 is 5.97 Å². The molecule has 17 heavy (non-hydrogen) atoms. The highest BCUT2D eigenvalue weighted by Gasteiger charge is 2.19. The smallest absolute Gasteiger partial charge is 0.345 e. The fourth-order valence-corrected chi connectivity index (χ4v) is 3.72. The van der Waals surface area contributed by atoms with E-state index in [1.807, 2.05) is 11.0 Å². The van der Waals surface area contributed by atoms with E-state index in [-0.39, 0.29) is 5.91 Å². The summed E-state index contributed by atoms with van der Waals surface area (Å²) in [6, 6.07) is 3.45. The van der Waals surface area contributed by atoms with Gasteiger partial charge >= 0.3 is 5.97 Å². The molecule has 1 aromatic rings. The Bertz CT molecular complexity index is 430. The van der Waals surface area contributed by atoms with Gasteiger partial charge in [0.15, 0.2) is 0 Å². The Morgan fingerprint density at radius 3 is 2.94 bits per heavy atom. The summed E-state index contributed by atoms with van der Waals surface area (Å²) < 4.78 is 0.994. The van der Waals surface area contributed by atoms with Crippen molar-refractivity contribution in [2.45, 2.75) is 17.1 Å². The number of rotatable bonds is 5. The lowest BCUT2D eigenvalue weighted by Crippen LogP contribution is -2.26. The van der Waals surface area contributed by atoms with Crippen molar-refractivity contribution >= 4 is 35.0 Å². The number of hydrogen-bond acceptors (Lipinski definition) is 4. The third-order valence-corrected chi connectivity index (χ3v) is 4.85. The highest BCUT2D eigenvalue weighted by atomic mass is 32.2. The first-order chi connectivity index (χ1) is 8.16. The number of thioether (sulfide) groups is 1. The van der Waals surface area contributed by atoms with Gasteiger partial charge in [0.05, 0.1) is 4.21 Å². The van der Waals surface area contributed by atoms with Gasteiger partial charge in [-0.05, 0) is 18.6 Å². The van der Waals surface area contributed by atoms with Crippen LogP contribution in [0.25, 0.3) is 0 Å². The van der Waals surface area contributed by atoms with Crippen molar-refractivity contribution in [3.63, 3.8) is 0 Å². The fourth-order valence-electron chi connectivity index (χ4n) is 1.71. The van der Waals surface area contributed by atoms with Crippen molar-refractivity contribution in [3.05, 3.63) is 17.0 Å². The Labute approximate surface area is 108 Å². The molecule has 1 amide bonds. The molecule has 1 saturated heterocycles. The quantitative estimate of drug-likeness (QED) is 0.834. The number of hydrogen-bond donors (Lipinski definition) is 1. The minimum atomic E-state index is -0.878. The number of carbonyl (C=O) groups excluding carboxylic acids is 1. The first-order valence-corrected chi connectivity index (χ1v) is 7.21. The maximum atomic E-state index is 11.4. The minimum absolute atomic E-state index is 0.239. The maximum absolute atomic E-state index is 11.4. The van der Waals surface area contributed by atoms with Crippen LogP contribution in [0.2, 0.25) is 0 Å². The molecule has 2 heterocycles. The van der Waals surface area contributed by atoms with Crippen molar-refractivity contribution in [3.8, 4) is 0 Å². The summed E-state index contributed by atoms with van der Waals surface area (Å²) in [4.78, 5) is 24.3. The molecule has 4 nitrogen and oxygen atoms in total. The summed E-state index contributed by atoms with van der Waals surface area (Å²) in [7, 11) is 0. The van der Waals surface area contributed by atoms with Gasteiger partial charge in [0, 0.05) is 25.3 Å². The number of aromatic carboxylic acids is 1. The number of nitrogens with zero attached hydrogens (tertiary/aromatic N) is 1. The molecular formula is C11H13NO3S2. The second-order valence-electron chi connectivity index (χ2n) is 3.76. The van der Waals surface area contributed by atoms with Gasteiger partial charge in [-0.1, -0.05) is 0 Å². The van der Waals surface area contributed by atoms with Gasteiger partial charge < -0.3 is 10.0 Å². The molecular weight excluding hydrogens is 258 g/mol. The Morgan fingerprint density at radius 1 is 1.53 bits per heavy atom. The summed E-state index contributed by atoms with van der Waals surface area (Å²) in [6.07, 6.45) is 1.64. The topological polar surface area (TPSA) is 57.6 Å². The normalized spacial score (nSPS) is 15.5. The molecule has 0 radical (unpaired) electrons. The number of carbonyl (C=O) groups is 2. The van der Waals surface area contributed by atoms with E-state index in [0.717, 1.165) is 29.5 Å². The fraction of sp³-hybridized carbons (Fsp3) is 0.455. The molecule has 0 saturated carbocycles. The lowest BCUT2D eigenvalue weighted by molar-refractivity contribution is -0.127. The SMILES string of the molecule is O=C(O)c1ccc(SCCN2CCCC2=O)s1. The van der Waals surface area contributed by atoms with Crippen LogP contribution in [-0.4, -0.2) is 40.7 Å². The third-order valence-electron chi connectivity index (χ3n) is 2.57. The van der Waals surface area contributed by atoms with E-state index in [0.29, 0.717) is 11.3 Å². The zero-order valence-corrected chi connectivity index (χ0v) is 10.9. The zero-order valence-electron chi connectivity index (χ0n) is 9.22. The number of thiophene rings is 1. The highest BCUT2D eigenvalue weighted by Crippen LogP contribution is 2.27. The Morgan fingerprint density at radius 2 is 2.35 bits per heavy atom. The van der Waals surface area contributed by atoms with E-state index in [1.165, 1.54) is 11.3 Å². The number of likely N-dealkylation sites (tertiary alicyclic amines) is 1. The predicted octanol–water partition coefficient (Wildman–Crippen LogP) is 2.16. The van der Waals surface area contributed by atoms with E-state index >= 15 is 0 Å². The Hall–Kier alpha value is -1.01. The maximum Gasteiger partial charge on any atom is 0.345 e. The highest BCUT2D eigenvalue weighted by molar-refractivity contribution is 8.01. The minimum Gasteiger partial charge on any atom is -0.477 e. The van der Waals surface area contributed by atoms with Crippen molar-refractivity contribution in [2.75, 3.05) is 18.8 Å². The summed E-state index contributed by atoms with van der Waals surface area (Å²) >= 11 is 2.89. The average molecular weight is 271 g/mol. The van der Waals surface area contributed by atoms with Crippen LogP contribution in [0.15, 0.2) is 16.3 Å². The van der Waals surface area contributed by atoms with Crippen molar-refractivity contribution in [1.82, 2.24) is 4.90 Å². The van der Waals surface area contributed by atoms with Gasteiger partial charge in [-0.25, -0.2) is 4.79 Å². The van der Waals surface area contributed by atoms with Crippen LogP contribution in [0, 0.1) is 0 Å². The molecule has 0 aliphatic carbocycles. The molecule has 0 atom stereocenters. The van der Waals surface area contributed by atoms with Crippen LogP contribution in [0.5, 0.6) is 0 Å². The molecule has 1 fully saturated rings. The second kappa shape index (κ2) is 5.55. The van der Waals surface area contributed by atoms with Crippen molar-refractivity contribution in [2.24, 2.45) is 0 Å². The molecule has 6 heteroatoms. The van der Waals surface area contributed by atoms with Gasteiger partial charge in [-0.3, -0.25) is 4.79 Å². The van der Waals surface area contributed by atoms with E-state index in [4.69, 9.17) is 5.11 Å². The summed E-state index contributed by atoms with van der Waals surface area (Å²) in [5.41, 5.74) is 0. The van der Waals surface area contributed by atoms with Crippen LogP contribution in [0.3, 0.4) is 0 Å². The molecule has 0 bridgehead atoms. The molecule has 1 aromatic heterocycles. The van der Waals surface area contributed by atoms with Gasteiger partial charge in [-0.15, -0.1) is 23.1 Å². The summed E-state index contributed by atoms with van der Waals surface area (Å²) in [5.74, 6) is 0.185. The van der Waals surface area contributed by atoms with Crippen LogP contribution in [-0.2, 0) is 4.79 Å². The van der Waals surface area contributed by atoms with E-state index in [2.05, 4.69) is 0 Å². The molecule has 1 aliphatic rings. The van der Waals surface area contributed by atoms with Crippen molar-refractivity contribution in [1.29, 1.82) is 0 Å². The second-order valence-corrected chi connectivity index (χ2v) is 6.24. The van der Waals surface area contributed by atoms with Gasteiger partial charge in [0.1, 0.15) is 4.88 Å². The predicted molar refractivity (Wildman–Crippen MR) is 67.8 cm³/mol. The molecule has 1 aliphatic heterocycles. The largest absolute Gasteiger partial charge is 0.477 e. The van der Waals surface area contributed by atoms with Crippen LogP contribution >= 0.6 is 23.1 Å². The lowest BCUT2D eigenvalue weighted by Gasteiger charge is -2.14. The zero-order chi connectivity index (χ0) is 12.3. The Balaban J connectivity index is 1.77. The molecule has 0 unspecified atom stereocenters. The van der Waals surface area contributed by atoms with Crippen molar-refractivity contribution < 1.29 is 14.7 Å². The van der Waals surface area contributed by atoms with Crippen LogP contribution in [0.4, 0.5) is 0 Å². The van der Waals surface area contributed by atoms with Gasteiger partial charge in [0.2, 0.25) is 5.91 Å². The molecule has 0 aromatic carbocycles. The average Bonchev–Trinajstić information content (AvgIpc) is 2.89. The molecule has 92 valence electrons. The standard InChI is InChI=1S/C11H13NO3S2/c13-9-2-1-5-12(9)6-7-16-10-4-3-8(17-10)11(14)15/h3-4H,1-2,5-7H2,(H,14,15). The van der Waals surface area contributed by atoms with Crippen LogP contribution in [0.1, 0.15) is 22.5 Å². The molecule has 1 N–H and O–H groups in total. The first kappa shape index (κ1) is 12.4. The van der Waals surface area contributed by atoms with Crippen LogP contribution < -0.4 is 0 Å². The Kier molecular flexibility index (Phi) is 4.06. The first-order valence-electron chi connectivity index (χ1n) is 5.40. The monoisotopic (exact) mass is 271 g/mol. The summed E-state index contributed by atoms with van der Waals surface area (Å²) in [6.45, 7) is 1.62.